The molecule has 1 aliphatic carbocycles. The van der Waals surface area contributed by atoms with Gasteiger partial charge in [-0.2, -0.15) is 0 Å². The number of thiophene rings is 2. The molecule has 3 aromatic heterocycles. The van der Waals surface area contributed by atoms with Gasteiger partial charge in [-0.3, -0.25) is 14.2 Å². The Hall–Kier alpha value is -3.21. The quantitative estimate of drug-likeness (QED) is 0.123. The third-order valence-electron chi connectivity index (χ3n) is 5.97. The van der Waals surface area contributed by atoms with Crippen molar-refractivity contribution in [3.05, 3.63) is 75.4 Å². The molecule has 0 saturated heterocycles. The lowest BCUT2D eigenvalue weighted by molar-refractivity contribution is -0.113. The van der Waals surface area contributed by atoms with Crippen molar-refractivity contribution >= 4 is 61.5 Å². The molecule has 3 heterocycles. The number of rotatable bonds is 9. The van der Waals surface area contributed by atoms with Gasteiger partial charge in [0.25, 0.3) is 5.56 Å². The number of amides is 1. The molecule has 1 amide bonds. The summed E-state index contributed by atoms with van der Waals surface area (Å²) in [7, 11) is 0. The fourth-order valence-corrected chi connectivity index (χ4v) is 7.52. The molecular weight excluding hydrogens is 527 g/mol. The summed E-state index contributed by atoms with van der Waals surface area (Å²) in [5.74, 6) is -0.757. The van der Waals surface area contributed by atoms with Gasteiger partial charge >= 0.3 is 5.97 Å². The number of carbonyl (C=O) groups excluding carboxylic acids is 2. The summed E-state index contributed by atoms with van der Waals surface area (Å²) in [6.07, 6.45) is 4.62. The minimum Gasteiger partial charge on any atom is -0.462 e. The standard InChI is InChI=1S/C27H25N3O4S3/c1-3-13-30-25(32)22-17-11-8-12-19(17)36-24(22)29-27(30)35-15-21(31)28-23-18(26(33)34-4-2)14-20(37-23)16-9-6-5-7-10-16/h3,5-7,9-10,14H,1,4,8,11-13,15H2,2H3,(H,28,31). The van der Waals surface area contributed by atoms with Crippen LogP contribution in [0.4, 0.5) is 5.00 Å². The minimum absolute atomic E-state index is 0.0288. The average Bonchev–Trinajstić information content (AvgIpc) is 3.60. The zero-order valence-corrected chi connectivity index (χ0v) is 22.7. The van der Waals surface area contributed by atoms with Crippen molar-refractivity contribution in [1.82, 2.24) is 9.55 Å². The van der Waals surface area contributed by atoms with Crippen LogP contribution in [0.5, 0.6) is 0 Å². The molecule has 190 valence electrons. The first kappa shape index (κ1) is 25.4. The van der Waals surface area contributed by atoms with Crippen LogP contribution in [0, 0.1) is 0 Å². The molecule has 0 unspecified atom stereocenters. The topological polar surface area (TPSA) is 90.3 Å². The Kier molecular flexibility index (Phi) is 7.59. The molecule has 0 saturated carbocycles. The maximum Gasteiger partial charge on any atom is 0.341 e. The number of fused-ring (bicyclic) bond motifs is 3. The number of nitrogens with one attached hydrogen (secondary N) is 1. The first-order chi connectivity index (χ1) is 18.0. The number of ether oxygens (including phenoxy) is 1. The molecule has 1 aliphatic rings. The minimum atomic E-state index is -0.485. The van der Waals surface area contributed by atoms with Crippen LogP contribution in [-0.2, 0) is 28.9 Å². The van der Waals surface area contributed by atoms with Gasteiger partial charge in [-0.05, 0) is 43.4 Å². The lowest BCUT2D eigenvalue weighted by Gasteiger charge is -2.11. The predicted molar refractivity (Wildman–Crippen MR) is 151 cm³/mol. The molecular formula is C27H25N3O4S3. The van der Waals surface area contributed by atoms with Crippen molar-refractivity contribution in [2.75, 3.05) is 17.7 Å². The van der Waals surface area contributed by atoms with Crippen LogP contribution in [0.2, 0.25) is 0 Å². The van der Waals surface area contributed by atoms with E-state index in [4.69, 9.17) is 9.72 Å². The molecule has 5 rings (SSSR count). The first-order valence-corrected chi connectivity index (χ1v) is 14.6. The van der Waals surface area contributed by atoms with E-state index in [9.17, 15) is 14.4 Å². The van der Waals surface area contributed by atoms with Crippen molar-refractivity contribution in [3.8, 4) is 10.4 Å². The number of aryl methyl sites for hydroxylation is 2. The summed E-state index contributed by atoms with van der Waals surface area (Å²) in [5.41, 5.74) is 2.31. The molecule has 0 spiro atoms. The van der Waals surface area contributed by atoms with Gasteiger partial charge < -0.3 is 10.1 Å². The Morgan fingerprint density at radius 2 is 2.05 bits per heavy atom. The second-order valence-electron chi connectivity index (χ2n) is 8.41. The number of aromatic nitrogens is 2. The fourth-order valence-electron chi connectivity index (χ4n) is 4.34. The summed E-state index contributed by atoms with van der Waals surface area (Å²) in [6, 6.07) is 11.4. The maximum atomic E-state index is 13.3. The van der Waals surface area contributed by atoms with Gasteiger partial charge in [0.1, 0.15) is 9.83 Å². The Bertz CT molecular complexity index is 1550. The predicted octanol–water partition coefficient (Wildman–Crippen LogP) is 5.77. The van der Waals surface area contributed by atoms with E-state index >= 15 is 0 Å². The van der Waals surface area contributed by atoms with Gasteiger partial charge in [0.05, 0.1) is 23.3 Å². The number of hydrogen-bond donors (Lipinski definition) is 1. The van der Waals surface area contributed by atoms with Crippen LogP contribution >= 0.6 is 34.4 Å². The molecule has 0 atom stereocenters. The van der Waals surface area contributed by atoms with Gasteiger partial charge in [0.15, 0.2) is 5.16 Å². The highest BCUT2D eigenvalue weighted by Crippen LogP contribution is 2.37. The molecule has 10 heteroatoms. The highest BCUT2D eigenvalue weighted by Gasteiger charge is 2.24. The average molecular weight is 552 g/mol. The molecule has 1 N–H and O–H groups in total. The zero-order valence-electron chi connectivity index (χ0n) is 20.2. The lowest BCUT2D eigenvalue weighted by Crippen LogP contribution is -2.24. The molecule has 37 heavy (non-hydrogen) atoms. The summed E-state index contributed by atoms with van der Waals surface area (Å²) in [6.45, 7) is 6.07. The number of thioether (sulfide) groups is 1. The van der Waals surface area contributed by atoms with Crippen LogP contribution in [0.15, 0.2) is 59.0 Å². The van der Waals surface area contributed by atoms with E-state index in [1.54, 1.807) is 35.0 Å². The van der Waals surface area contributed by atoms with Crippen molar-refractivity contribution in [1.29, 1.82) is 0 Å². The van der Waals surface area contributed by atoms with Crippen LogP contribution in [0.3, 0.4) is 0 Å². The van der Waals surface area contributed by atoms with Crippen molar-refractivity contribution in [3.63, 3.8) is 0 Å². The number of anilines is 1. The Labute approximate surface area is 226 Å². The van der Waals surface area contributed by atoms with Crippen molar-refractivity contribution in [2.24, 2.45) is 0 Å². The number of hydrogen-bond acceptors (Lipinski definition) is 8. The van der Waals surface area contributed by atoms with E-state index < -0.39 is 5.97 Å². The largest absolute Gasteiger partial charge is 0.462 e. The molecule has 0 aliphatic heterocycles. The van der Waals surface area contributed by atoms with E-state index in [1.165, 1.54) is 28.0 Å². The van der Waals surface area contributed by atoms with E-state index in [2.05, 4.69) is 11.9 Å². The Morgan fingerprint density at radius 1 is 1.24 bits per heavy atom. The molecule has 7 nitrogen and oxygen atoms in total. The van der Waals surface area contributed by atoms with Gasteiger partial charge in [-0.15, -0.1) is 29.3 Å². The number of allylic oxidation sites excluding steroid dienone is 1. The van der Waals surface area contributed by atoms with Crippen LogP contribution < -0.4 is 10.9 Å². The van der Waals surface area contributed by atoms with E-state index in [0.717, 1.165) is 40.1 Å². The van der Waals surface area contributed by atoms with Crippen molar-refractivity contribution in [2.45, 2.75) is 37.9 Å². The van der Waals surface area contributed by atoms with Gasteiger partial charge in [0, 0.05) is 16.3 Å². The zero-order chi connectivity index (χ0) is 25.9. The second-order valence-corrected chi connectivity index (χ2v) is 11.5. The summed E-state index contributed by atoms with van der Waals surface area (Å²) in [4.78, 5) is 46.5. The van der Waals surface area contributed by atoms with Gasteiger partial charge in [-0.25, -0.2) is 9.78 Å². The fraction of sp³-hybridized carbons (Fsp3) is 0.259. The second kappa shape index (κ2) is 11.0. The molecule has 0 fully saturated rings. The lowest BCUT2D eigenvalue weighted by atomic mass is 10.1. The molecule has 0 radical (unpaired) electrons. The van der Waals surface area contributed by atoms with E-state index in [1.807, 2.05) is 30.3 Å². The van der Waals surface area contributed by atoms with Crippen LogP contribution in [0.25, 0.3) is 20.7 Å². The van der Waals surface area contributed by atoms with Crippen LogP contribution in [-0.4, -0.2) is 33.8 Å². The SMILES string of the molecule is C=CCn1c(SCC(=O)Nc2sc(-c3ccccc3)cc2C(=O)OCC)nc2sc3c(c2c1=O)CCC3. The number of benzene rings is 1. The monoisotopic (exact) mass is 551 g/mol. The Balaban J connectivity index is 1.39. The van der Waals surface area contributed by atoms with Gasteiger partial charge in [0.2, 0.25) is 5.91 Å². The summed E-state index contributed by atoms with van der Waals surface area (Å²) < 4.78 is 6.79. The van der Waals surface area contributed by atoms with Gasteiger partial charge in [-0.1, -0.05) is 48.2 Å². The smallest absolute Gasteiger partial charge is 0.341 e. The number of esters is 1. The summed E-state index contributed by atoms with van der Waals surface area (Å²) in [5, 5.41) is 4.49. The third-order valence-corrected chi connectivity index (χ3v) is 9.23. The highest BCUT2D eigenvalue weighted by molar-refractivity contribution is 7.99. The molecule has 0 bridgehead atoms. The third kappa shape index (κ3) is 5.14. The van der Waals surface area contributed by atoms with E-state index in [-0.39, 0.29) is 23.8 Å². The highest BCUT2D eigenvalue weighted by atomic mass is 32.2. The molecule has 4 aromatic rings. The molecule has 1 aromatic carbocycles. The number of carbonyl (C=O) groups is 2. The normalized spacial score (nSPS) is 12.5. The summed E-state index contributed by atoms with van der Waals surface area (Å²) >= 11 is 4.10. The van der Waals surface area contributed by atoms with Crippen molar-refractivity contribution < 1.29 is 14.3 Å². The maximum absolute atomic E-state index is 13.3. The Morgan fingerprint density at radius 3 is 2.81 bits per heavy atom. The van der Waals surface area contributed by atoms with E-state index in [0.29, 0.717) is 27.7 Å². The first-order valence-electron chi connectivity index (χ1n) is 11.9. The van der Waals surface area contributed by atoms with Crippen LogP contribution in [0.1, 0.15) is 34.1 Å². The number of nitrogens with zero attached hydrogens (tertiary/aromatic N) is 2.